The number of aromatic nitrogens is 2. The van der Waals surface area contributed by atoms with E-state index in [0.717, 1.165) is 44.7 Å². The molecule has 6 nitrogen and oxygen atoms in total. The Morgan fingerprint density at radius 2 is 2.00 bits per heavy atom. The Morgan fingerprint density at radius 1 is 1.33 bits per heavy atom. The second kappa shape index (κ2) is 8.12. The highest BCUT2D eigenvalue weighted by atomic mass is 35.5. The maximum atomic E-state index is 12.1. The van der Waals surface area contributed by atoms with Crippen molar-refractivity contribution in [2.75, 3.05) is 26.7 Å². The van der Waals surface area contributed by atoms with E-state index in [2.05, 4.69) is 21.9 Å². The SMILES string of the molecule is CN(Cc1cnc(Cl)cn1)CC1CCN(C(=O)OC(C)(C)C)CC1. The Labute approximate surface area is 149 Å². The third-order valence-electron chi connectivity index (χ3n) is 3.94. The number of nitrogens with zero attached hydrogens (tertiary/aromatic N) is 4. The molecule has 0 atom stereocenters. The van der Waals surface area contributed by atoms with E-state index in [9.17, 15) is 4.79 Å². The number of amides is 1. The zero-order valence-electron chi connectivity index (χ0n) is 15.0. The van der Waals surface area contributed by atoms with Gasteiger partial charge in [-0.25, -0.2) is 9.78 Å². The normalized spacial score (nSPS) is 16.5. The fourth-order valence-corrected chi connectivity index (χ4v) is 2.92. The predicted octanol–water partition coefficient (Wildman–Crippen LogP) is 3.21. The van der Waals surface area contributed by atoms with Crippen molar-refractivity contribution in [3.63, 3.8) is 0 Å². The molecule has 0 N–H and O–H groups in total. The molecular weight excluding hydrogens is 328 g/mol. The summed E-state index contributed by atoms with van der Waals surface area (Å²) >= 11 is 5.75. The molecule has 2 rings (SSSR count). The molecular formula is C17H27ClN4O2. The minimum absolute atomic E-state index is 0.203. The fourth-order valence-electron chi connectivity index (χ4n) is 2.83. The minimum atomic E-state index is -0.437. The number of carbonyl (C=O) groups is 1. The van der Waals surface area contributed by atoms with Crippen molar-refractivity contribution in [2.45, 2.75) is 45.8 Å². The first-order valence-electron chi connectivity index (χ1n) is 8.36. The third-order valence-corrected chi connectivity index (χ3v) is 4.14. The molecule has 1 aromatic heterocycles. The summed E-state index contributed by atoms with van der Waals surface area (Å²) in [6, 6.07) is 0. The van der Waals surface area contributed by atoms with Gasteiger partial charge in [0.1, 0.15) is 10.8 Å². The van der Waals surface area contributed by atoms with Crippen LogP contribution in [0, 0.1) is 5.92 Å². The van der Waals surface area contributed by atoms with Crippen LogP contribution in [0.5, 0.6) is 0 Å². The van der Waals surface area contributed by atoms with E-state index in [1.54, 1.807) is 12.4 Å². The molecule has 1 saturated heterocycles. The molecule has 1 fully saturated rings. The first-order chi connectivity index (χ1) is 11.2. The summed E-state index contributed by atoms with van der Waals surface area (Å²) in [6.45, 7) is 8.93. The van der Waals surface area contributed by atoms with Gasteiger partial charge in [0.2, 0.25) is 0 Å². The topological polar surface area (TPSA) is 58.6 Å². The van der Waals surface area contributed by atoms with Crippen molar-refractivity contribution in [2.24, 2.45) is 5.92 Å². The average molecular weight is 355 g/mol. The fraction of sp³-hybridized carbons (Fsp3) is 0.706. The molecule has 0 bridgehead atoms. The van der Waals surface area contributed by atoms with Gasteiger partial charge in [-0.2, -0.15) is 0 Å². The first-order valence-corrected chi connectivity index (χ1v) is 8.73. The van der Waals surface area contributed by atoms with Gasteiger partial charge in [-0.1, -0.05) is 11.6 Å². The van der Waals surface area contributed by atoms with Crippen molar-refractivity contribution in [1.82, 2.24) is 19.8 Å². The molecule has 1 aliphatic heterocycles. The van der Waals surface area contributed by atoms with Gasteiger partial charge in [0, 0.05) is 26.2 Å². The van der Waals surface area contributed by atoms with E-state index in [1.165, 1.54) is 0 Å². The lowest BCUT2D eigenvalue weighted by molar-refractivity contribution is 0.0172. The maximum absolute atomic E-state index is 12.1. The van der Waals surface area contributed by atoms with E-state index >= 15 is 0 Å². The summed E-state index contributed by atoms with van der Waals surface area (Å²) in [5.41, 5.74) is 0.474. The van der Waals surface area contributed by atoms with Gasteiger partial charge in [-0.15, -0.1) is 0 Å². The van der Waals surface area contributed by atoms with Crippen LogP contribution < -0.4 is 0 Å². The minimum Gasteiger partial charge on any atom is -0.444 e. The summed E-state index contributed by atoms with van der Waals surface area (Å²) in [5.74, 6) is 0.578. The molecule has 0 aliphatic carbocycles. The summed E-state index contributed by atoms with van der Waals surface area (Å²) < 4.78 is 5.43. The second-order valence-corrected chi connectivity index (χ2v) is 7.83. The monoisotopic (exact) mass is 354 g/mol. The number of piperidine rings is 1. The standard InChI is InChI=1S/C17H27ClN4O2/c1-17(2,3)24-16(23)22-7-5-13(6-8-22)11-21(4)12-14-9-20-15(18)10-19-14/h9-10,13H,5-8,11-12H2,1-4H3. The van der Waals surface area contributed by atoms with Crippen LogP contribution in [0.15, 0.2) is 12.4 Å². The number of hydrogen-bond acceptors (Lipinski definition) is 5. The molecule has 24 heavy (non-hydrogen) atoms. The number of halogens is 1. The van der Waals surface area contributed by atoms with E-state index in [-0.39, 0.29) is 6.09 Å². The van der Waals surface area contributed by atoms with E-state index in [0.29, 0.717) is 11.1 Å². The molecule has 1 amide bonds. The highest BCUT2D eigenvalue weighted by molar-refractivity contribution is 6.29. The Bertz CT molecular complexity index is 537. The number of likely N-dealkylation sites (tertiary alicyclic amines) is 1. The molecule has 0 unspecified atom stereocenters. The van der Waals surface area contributed by atoms with Crippen LogP contribution in [0.3, 0.4) is 0 Å². The Morgan fingerprint density at radius 3 is 2.54 bits per heavy atom. The van der Waals surface area contributed by atoms with Gasteiger partial charge < -0.3 is 14.5 Å². The van der Waals surface area contributed by atoms with Crippen LogP contribution in [0.4, 0.5) is 4.79 Å². The van der Waals surface area contributed by atoms with E-state index in [1.807, 2.05) is 25.7 Å². The smallest absolute Gasteiger partial charge is 0.410 e. The average Bonchev–Trinajstić information content (AvgIpc) is 2.48. The first kappa shape index (κ1) is 18.9. The van der Waals surface area contributed by atoms with Crippen molar-refractivity contribution in [3.8, 4) is 0 Å². The summed E-state index contributed by atoms with van der Waals surface area (Å²) in [5, 5.41) is 0.413. The van der Waals surface area contributed by atoms with Gasteiger partial charge in [-0.3, -0.25) is 4.98 Å². The van der Waals surface area contributed by atoms with Crippen molar-refractivity contribution in [1.29, 1.82) is 0 Å². The molecule has 7 heteroatoms. The van der Waals surface area contributed by atoms with Crippen molar-refractivity contribution < 1.29 is 9.53 Å². The predicted molar refractivity (Wildman–Crippen MR) is 93.9 cm³/mol. The summed E-state index contributed by atoms with van der Waals surface area (Å²) in [6.07, 6.45) is 5.07. The zero-order chi connectivity index (χ0) is 17.7. The van der Waals surface area contributed by atoms with Gasteiger partial charge in [0.05, 0.1) is 18.1 Å². The summed E-state index contributed by atoms with van der Waals surface area (Å²) in [4.78, 5) is 24.5. The molecule has 1 aromatic rings. The lowest BCUT2D eigenvalue weighted by Gasteiger charge is -2.34. The van der Waals surface area contributed by atoms with E-state index < -0.39 is 5.60 Å². The van der Waals surface area contributed by atoms with Crippen LogP contribution in [-0.4, -0.2) is 58.1 Å². The Kier molecular flexibility index (Phi) is 6.40. The molecule has 2 heterocycles. The largest absolute Gasteiger partial charge is 0.444 e. The maximum Gasteiger partial charge on any atom is 0.410 e. The molecule has 134 valence electrons. The third kappa shape index (κ3) is 6.24. The van der Waals surface area contributed by atoms with Crippen LogP contribution in [0.2, 0.25) is 5.15 Å². The van der Waals surface area contributed by atoms with Gasteiger partial charge >= 0.3 is 6.09 Å². The van der Waals surface area contributed by atoms with Crippen molar-refractivity contribution >= 4 is 17.7 Å². The second-order valence-electron chi connectivity index (χ2n) is 7.44. The Hall–Kier alpha value is -1.40. The van der Waals surface area contributed by atoms with Crippen LogP contribution in [0.25, 0.3) is 0 Å². The lowest BCUT2D eigenvalue weighted by Crippen LogP contribution is -2.43. The zero-order valence-corrected chi connectivity index (χ0v) is 15.7. The molecule has 0 radical (unpaired) electrons. The van der Waals surface area contributed by atoms with Crippen LogP contribution in [-0.2, 0) is 11.3 Å². The molecule has 0 spiro atoms. The van der Waals surface area contributed by atoms with Gasteiger partial charge in [-0.05, 0) is 46.6 Å². The Balaban J connectivity index is 1.74. The van der Waals surface area contributed by atoms with E-state index in [4.69, 9.17) is 16.3 Å². The quantitative estimate of drug-likeness (QED) is 0.831. The van der Waals surface area contributed by atoms with Gasteiger partial charge in [0.25, 0.3) is 0 Å². The lowest BCUT2D eigenvalue weighted by atomic mass is 9.96. The number of rotatable bonds is 4. The highest BCUT2D eigenvalue weighted by Crippen LogP contribution is 2.20. The number of carbonyl (C=O) groups excluding carboxylic acids is 1. The van der Waals surface area contributed by atoms with Crippen molar-refractivity contribution in [3.05, 3.63) is 23.2 Å². The number of ether oxygens (including phenoxy) is 1. The van der Waals surface area contributed by atoms with Crippen LogP contribution in [0.1, 0.15) is 39.3 Å². The molecule has 0 saturated carbocycles. The van der Waals surface area contributed by atoms with Gasteiger partial charge in [0.15, 0.2) is 0 Å². The highest BCUT2D eigenvalue weighted by Gasteiger charge is 2.27. The van der Waals surface area contributed by atoms with Crippen LogP contribution >= 0.6 is 11.6 Å². The molecule has 1 aliphatic rings. The number of hydrogen-bond donors (Lipinski definition) is 0. The molecule has 0 aromatic carbocycles. The summed E-state index contributed by atoms with van der Waals surface area (Å²) in [7, 11) is 2.08.